The molecule has 88 valence electrons. The molecule has 1 aromatic rings. The van der Waals surface area contributed by atoms with Crippen molar-refractivity contribution in [3.05, 3.63) is 22.8 Å². The molecule has 1 atom stereocenters. The molecule has 0 bridgehead atoms. The molecule has 0 aliphatic carbocycles. The van der Waals surface area contributed by atoms with E-state index >= 15 is 0 Å². The molecule has 1 unspecified atom stereocenters. The minimum atomic E-state index is -1.05. The first-order valence-corrected chi connectivity index (χ1v) is 4.85. The van der Waals surface area contributed by atoms with E-state index in [0.29, 0.717) is 16.7 Å². The van der Waals surface area contributed by atoms with E-state index in [4.69, 9.17) is 10.8 Å². The zero-order valence-corrected chi connectivity index (χ0v) is 9.19. The van der Waals surface area contributed by atoms with E-state index in [0.717, 1.165) is 0 Å². The largest absolute Gasteiger partial charge is 0.504 e. The SMILES string of the molecule is Cc1c(C(CN)C(=O)O)cc(O)c(O)c1C. The highest BCUT2D eigenvalue weighted by atomic mass is 16.4. The number of benzene rings is 1. The van der Waals surface area contributed by atoms with Gasteiger partial charge in [-0.3, -0.25) is 4.79 Å². The zero-order chi connectivity index (χ0) is 12.5. The number of carboxylic acid groups (broad SMARTS) is 1. The number of hydrogen-bond acceptors (Lipinski definition) is 4. The standard InChI is InChI=1S/C11H15NO4/c1-5-6(2)10(14)9(13)3-7(5)8(4-12)11(15)16/h3,8,13-14H,4,12H2,1-2H3,(H,15,16). The fourth-order valence-corrected chi connectivity index (χ4v) is 1.63. The van der Waals surface area contributed by atoms with Gasteiger partial charge in [-0.2, -0.15) is 0 Å². The summed E-state index contributed by atoms with van der Waals surface area (Å²) in [6, 6.07) is 1.25. The van der Waals surface area contributed by atoms with Crippen molar-refractivity contribution in [2.45, 2.75) is 19.8 Å². The topological polar surface area (TPSA) is 104 Å². The van der Waals surface area contributed by atoms with Crippen molar-refractivity contribution in [2.75, 3.05) is 6.54 Å². The van der Waals surface area contributed by atoms with Crippen LogP contribution < -0.4 is 5.73 Å². The smallest absolute Gasteiger partial charge is 0.312 e. The van der Waals surface area contributed by atoms with E-state index in [-0.39, 0.29) is 18.0 Å². The summed E-state index contributed by atoms with van der Waals surface area (Å²) in [7, 11) is 0. The molecule has 0 aliphatic rings. The van der Waals surface area contributed by atoms with E-state index < -0.39 is 11.9 Å². The van der Waals surface area contributed by atoms with E-state index in [2.05, 4.69) is 0 Å². The van der Waals surface area contributed by atoms with Crippen molar-refractivity contribution >= 4 is 5.97 Å². The average Bonchev–Trinajstić information content (AvgIpc) is 2.23. The molecule has 0 radical (unpaired) electrons. The molecule has 5 N–H and O–H groups in total. The number of carbonyl (C=O) groups is 1. The Hall–Kier alpha value is -1.75. The van der Waals surface area contributed by atoms with Gasteiger partial charge in [0.15, 0.2) is 11.5 Å². The van der Waals surface area contributed by atoms with Gasteiger partial charge in [0.05, 0.1) is 5.92 Å². The predicted molar refractivity (Wildman–Crippen MR) is 58.7 cm³/mol. The Labute approximate surface area is 93.1 Å². The number of carboxylic acids is 1. The number of aliphatic carboxylic acids is 1. The van der Waals surface area contributed by atoms with Crippen LogP contribution in [0.5, 0.6) is 11.5 Å². The van der Waals surface area contributed by atoms with Gasteiger partial charge in [0.2, 0.25) is 0 Å². The van der Waals surface area contributed by atoms with Crippen LogP contribution in [0.25, 0.3) is 0 Å². The van der Waals surface area contributed by atoms with Gasteiger partial charge in [-0.05, 0) is 36.6 Å². The van der Waals surface area contributed by atoms with Crippen LogP contribution in [0.4, 0.5) is 0 Å². The van der Waals surface area contributed by atoms with Crippen molar-refractivity contribution in [1.82, 2.24) is 0 Å². The number of phenols is 2. The minimum Gasteiger partial charge on any atom is -0.504 e. The van der Waals surface area contributed by atoms with Gasteiger partial charge in [-0.15, -0.1) is 0 Å². The molecule has 0 spiro atoms. The summed E-state index contributed by atoms with van der Waals surface area (Å²) in [5, 5.41) is 27.9. The molecule has 0 saturated carbocycles. The number of rotatable bonds is 3. The van der Waals surface area contributed by atoms with Gasteiger partial charge in [0.25, 0.3) is 0 Å². The Morgan fingerprint density at radius 3 is 2.38 bits per heavy atom. The van der Waals surface area contributed by atoms with Crippen LogP contribution in [-0.4, -0.2) is 27.8 Å². The normalized spacial score (nSPS) is 12.4. The lowest BCUT2D eigenvalue weighted by molar-refractivity contribution is -0.138. The second kappa shape index (κ2) is 4.40. The monoisotopic (exact) mass is 225 g/mol. The highest BCUT2D eigenvalue weighted by molar-refractivity contribution is 5.78. The third-order valence-electron chi connectivity index (χ3n) is 2.79. The number of nitrogens with two attached hydrogens (primary N) is 1. The van der Waals surface area contributed by atoms with Gasteiger partial charge in [0, 0.05) is 6.54 Å². The van der Waals surface area contributed by atoms with Crippen LogP contribution in [-0.2, 0) is 4.79 Å². The highest BCUT2D eigenvalue weighted by Gasteiger charge is 2.23. The Morgan fingerprint density at radius 2 is 1.94 bits per heavy atom. The second-order valence-corrected chi connectivity index (χ2v) is 3.71. The first-order chi connectivity index (χ1) is 7.40. The highest BCUT2D eigenvalue weighted by Crippen LogP contribution is 2.35. The Kier molecular flexibility index (Phi) is 3.39. The van der Waals surface area contributed by atoms with Crippen molar-refractivity contribution in [3.8, 4) is 11.5 Å². The Bertz CT molecular complexity index is 428. The maximum absolute atomic E-state index is 11.0. The number of hydrogen-bond donors (Lipinski definition) is 4. The van der Waals surface area contributed by atoms with Crippen LogP contribution in [0.1, 0.15) is 22.6 Å². The van der Waals surface area contributed by atoms with Crippen LogP contribution in [0, 0.1) is 13.8 Å². The summed E-state index contributed by atoms with van der Waals surface area (Å²) in [5.74, 6) is -2.46. The van der Waals surface area contributed by atoms with Crippen molar-refractivity contribution in [3.63, 3.8) is 0 Å². The summed E-state index contributed by atoms with van der Waals surface area (Å²) < 4.78 is 0. The summed E-state index contributed by atoms with van der Waals surface area (Å²) in [4.78, 5) is 11.0. The summed E-state index contributed by atoms with van der Waals surface area (Å²) >= 11 is 0. The van der Waals surface area contributed by atoms with Crippen molar-refractivity contribution in [2.24, 2.45) is 5.73 Å². The molecule has 0 aromatic heterocycles. The minimum absolute atomic E-state index is 0.0557. The maximum Gasteiger partial charge on any atom is 0.312 e. The lowest BCUT2D eigenvalue weighted by atomic mass is 9.91. The summed E-state index contributed by atoms with van der Waals surface area (Å²) in [6.45, 7) is 3.25. The maximum atomic E-state index is 11.0. The fourth-order valence-electron chi connectivity index (χ4n) is 1.63. The molecule has 16 heavy (non-hydrogen) atoms. The van der Waals surface area contributed by atoms with Gasteiger partial charge in [-0.25, -0.2) is 0 Å². The molecule has 0 aliphatic heterocycles. The van der Waals surface area contributed by atoms with Crippen molar-refractivity contribution < 1.29 is 20.1 Å². The molecule has 0 amide bonds. The van der Waals surface area contributed by atoms with E-state index in [9.17, 15) is 15.0 Å². The van der Waals surface area contributed by atoms with Crippen LogP contribution >= 0.6 is 0 Å². The molecule has 0 heterocycles. The molecule has 1 rings (SSSR count). The third kappa shape index (κ3) is 1.94. The van der Waals surface area contributed by atoms with Crippen LogP contribution in [0.3, 0.4) is 0 Å². The van der Waals surface area contributed by atoms with Gasteiger partial charge >= 0.3 is 5.97 Å². The second-order valence-electron chi connectivity index (χ2n) is 3.71. The van der Waals surface area contributed by atoms with E-state index in [1.165, 1.54) is 6.07 Å². The third-order valence-corrected chi connectivity index (χ3v) is 2.79. The lowest BCUT2D eigenvalue weighted by Gasteiger charge is -2.16. The molecular weight excluding hydrogens is 210 g/mol. The molecule has 0 fully saturated rings. The van der Waals surface area contributed by atoms with Crippen LogP contribution in [0.15, 0.2) is 6.07 Å². The molecule has 5 heteroatoms. The number of aromatic hydroxyl groups is 2. The first-order valence-electron chi connectivity index (χ1n) is 4.85. The summed E-state index contributed by atoms with van der Waals surface area (Å²) in [5.41, 5.74) is 6.92. The van der Waals surface area contributed by atoms with Gasteiger partial charge in [0.1, 0.15) is 0 Å². The first kappa shape index (κ1) is 12.3. The molecular formula is C11H15NO4. The quantitative estimate of drug-likeness (QED) is 0.571. The summed E-state index contributed by atoms with van der Waals surface area (Å²) in [6.07, 6.45) is 0. The van der Waals surface area contributed by atoms with Gasteiger partial charge in [-0.1, -0.05) is 0 Å². The average molecular weight is 225 g/mol. The van der Waals surface area contributed by atoms with E-state index in [1.807, 2.05) is 0 Å². The molecule has 0 saturated heterocycles. The number of phenolic OH excluding ortho intramolecular Hbond substituents is 2. The molecule has 1 aromatic carbocycles. The predicted octanol–water partition coefficient (Wildman–Crippen LogP) is 0.842. The van der Waals surface area contributed by atoms with Crippen LogP contribution in [0.2, 0.25) is 0 Å². The fraction of sp³-hybridized carbons (Fsp3) is 0.364. The Morgan fingerprint density at radius 1 is 1.38 bits per heavy atom. The molecule has 5 nitrogen and oxygen atoms in total. The Balaban J connectivity index is 3.39. The van der Waals surface area contributed by atoms with Gasteiger partial charge < -0.3 is 21.1 Å². The lowest BCUT2D eigenvalue weighted by Crippen LogP contribution is -2.22. The van der Waals surface area contributed by atoms with E-state index in [1.54, 1.807) is 13.8 Å². The van der Waals surface area contributed by atoms with Crippen molar-refractivity contribution in [1.29, 1.82) is 0 Å². The zero-order valence-electron chi connectivity index (χ0n) is 9.19.